The second-order valence-corrected chi connectivity index (χ2v) is 6.47. The van der Waals surface area contributed by atoms with Crippen molar-refractivity contribution in [3.8, 4) is 0 Å². The van der Waals surface area contributed by atoms with Crippen molar-refractivity contribution in [3.05, 3.63) is 18.1 Å². The zero-order chi connectivity index (χ0) is 14.4. The highest BCUT2D eigenvalue weighted by Gasteiger charge is 2.36. The lowest BCUT2D eigenvalue weighted by Gasteiger charge is -2.47. The van der Waals surface area contributed by atoms with Gasteiger partial charge in [-0.1, -0.05) is 6.42 Å². The molecular formula is C15H22N6. The van der Waals surface area contributed by atoms with E-state index >= 15 is 0 Å². The summed E-state index contributed by atoms with van der Waals surface area (Å²) in [4.78, 5) is 11.2. The average Bonchev–Trinajstić information content (AvgIpc) is 2.88. The molecule has 6 nitrogen and oxygen atoms in total. The van der Waals surface area contributed by atoms with Crippen molar-refractivity contribution in [1.29, 1.82) is 0 Å². The largest absolute Gasteiger partial charge is 0.367 e. The smallest absolute Gasteiger partial charge is 0.254 e. The summed E-state index contributed by atoms with van der Waals surface area (Å²) in [5.74, 6) is 1.69. The van der Waals surface area contributed by atoms with Gasteiger partial charge >= 0.3 is 0 Å². The molecule has 0 radical (unpaired) electrons. The zero-order valence-electron chi connectivity index (χ0n) is 12.7. The number of piperidine rings is 2. The number of aromatic nitrogens is 4. The monoisotopic (exact) mass is 286 g/mol. The van der Waals surface area contributed by atoms with Crippen LogP contribution in [-0.2, 0) is 0 Å². The van der Waals surface area contributed by atoms with E-state index in [1.165, 1.54) is 32.1 Å². The predicted octanol–water partition coefficient (Wildman–Crippen LogP) is 1.86. The molecule has 4 rings (SSSR count). The molecule has 2 aromatic rings. The minimum absolute atomic E-state index is 0.519. The van der Waals surface area contributed by atoms with E-state index in [0.717, 1.165) is 23.6 Å². The maximum atomic E-state index is 4.40. The highest BCUT2D eigenvalue weighted by molar-refractivity contribution is 5.45. The number of nitrogens with one attached hydrogen (secondary N) is 1. The van der Waals surface area contributed by atoms with Crippen molar-refractivity contribution in [3.63, 3.8) is 0 Å². The van der Waals surface area contributed by atoms with Crippen LogP contribution in [0.15, 0.2) is 12.4 Å². The molecule has 4 heterocycles. The predicted molar refractivity (Wildman–Crippen MR) is 81.4 cm³/mol. The third-order valence-electron chi connectivity index (χ3n) is 5.07. The average molecular weight is 286 g/mol. The Hall–Kier alpha value is -1.69. The van der Waals surface area contributed by atoms with Crippen LogP contribution >= 0.6 is 0 Å². The number of nitrogens with zero attached hydrogens (tertiary/aromatic N) is 5. The van der Waals surface area contributed by atoms with Crippen LogP contribution in [0, 0.1) is 6.92 Å². The molecule has 0 aliphatic carbocycles. The van der Waals surface area contributed by atoms with E-state index in [1.807, 2.05) is 6.92 Å². The number of anilines is 1. The molecule has 2 aliphatic heterocycles. The molecule has 0 saturated carbocycles. The lowest BCUT2D eigenvalue weighted by atomic mass is 9.82. The fraction of sp³-hybridized carbons (Fsp3) is 0.667. The first kappa shape index (κ1) is 13.0. The molecule has 2 aromatic heterocycles. The Bertz CT molecular complexity index is 637. The van der Waals surface area contributed by atoms with E-state index in [1.54, 1.807) is 10.8 Å². The fourth-order valence-electron chi connectivity index (χ4n) is 3.98. The number of aryl methyl sites for hydroxylation is 1. The van der Waals surface area contributed by atoms with Gasteiger partial charge in [0, 0.05) is 29.9 Å². The van der Waals surface area contributed by atoms with Gasteiger partial charge in [-0.2, -0.15) is 14.6 Å². The molecule has 6 heteroatoms. The molecule has 2 saturated heterocycles. The lowest BCUT2D eigenvalue weighted by Crippen LogP contribution is -2.52. The van der Waals surface area contributed by atoms with Crippen molar-refractivity contribution in [2.24, 2.45) is 0 Å². The van der Waals surface area contributed by atoms with Gasteiger partial charge in [-0.3, -0.25) is 0 Å². The summed E-state index contributed by atoms with van der Waals surface area (Å²) in [6.45, 7) is 2.00. The minimum atomic E-state index is 0.519. The fourth-order valence-corrected chi connectivity index (χ4v) is 3.98. The van der Waals surface area contributed by atoms with Gasteiger partial charge in [0.05, 0.1) is 0 Å². The summed E-state index contributed by atoms with van der Waals surface area (Å²) >= 11 is 0. The van der Waals surface area contributed by atoms with Crippen LogP contribution in [0.5, 0.6) is 0 Å². The van der Waals surface area contributed by atoms with Gasteiger partial charge in [0.1, 0.15) is 12.1 Å². The Morgan fingerprint density at radius 1 is 1.24 bits per heavy atom. The zero-order valence-corrected chi connectivity index (χ0v) is 12.7. The summed E-state index contributed by atoms with van der Waals surface area (Å²) in [5, 5.41) is 7.98. The van der Waals surface area contributed by atoms with Gasteiger partial charge in [0.25, 0.3) is 5.78 Å². The Kier molecular flexibility index (Phi) is 3.06. The van der Waals surface area contributed by atoms with Crippen LogP contribution in [0.4, 0.5) is 5.82 Å². The quantitative estimate of drug-likeness (QED) is 0.913. The number of fused-ring (bicyclic) bond motifs is 3. The van der Waals surface area contributed by atoms with Crippen molar-refractivity contribution < 1.29 is 0 Å². The minimum Gasteiger partial charge on any atom is -0.367 e. The Labute approximate surface area is 124 Å². The summed E-state index contributed by atoms with van der Waals surface area (Å²) in [5.41, 5.74) is 0.978. The number of hydrogen-bond acceptors (Lipinski definition) is 5. The van der Waals surface area contributed by atoms with Crippen molar-refractivity contribution in [1.82, 2.24) is 24.5 Å². The molecule has 1 N–H and O–H groups in total. The summed E-state index contributed by atoms with van der Waals surface area (Å²) in [6, 6.07) is 4.04. The van der Waals surface area contributed by atoms with E-state index < -0.39 is 0 Å². The lowest BCUT2D eigenvalue weighted by molar-refractivity contribution is 0.0607. The van der Waals surface area contributed by atoms with Crippen molar-refractivity contribution in [2.45, 2.75) is 57.2 Å². The molecule has 0 aromatic carbocycles. The molecule has 0 spiro atoms. The van der Waals surface area contributed by atoms with Gasteiger partial charge in [0.2, 0.25) is 0 Å². The van der Waals surface area contributed by atoms with Gasteiger partial charge in [-0.25, -0.2) is 4.98 Å². The van der Waals surface area contributed by atoms with Crippen LogP contribution in [-0.4, -0.2) is 49.7 Å². The Balaban J connectivity index is 1.59. The molecule has 0 amide bonds. The van der Waals surface area contributed by atoms with Crippen LogP contribution in [0.2, 0.25) is 0 Å². The van der Waals surface area contributed by atoms with Gasteiger partial charge in [-0.15, -0.1) is 0 Å². The van der Waals surface area contributed by atoms with Crippen molar-refractivity contribution in [2.75, 3.05) is 12.4 Å². The van der Waals surface area contributed by atoms with E-state index in [-0.39, 0.29) is 0 Å². The molecule has 2 aliphatic rings. The maximum Gasteiger partial charge on any atom is 0.254 e. The summed E-state index contributed by atoms with van der Waals surface area (Å²) in [7, 11) is 2.29. The van der Waals surface area contributed by atoms with Crippen LogP contribution < -0.4 is 5.32 Å². The highest BCUT2D eigenvalue weighted by atomic mass is 15.4. The van der Waals surface area contributed by atoms with E-state index in [0.29, 0.717) is 11.8 Å². The first-order valence-electron chi connectivity index (χ1n) is 7.86. The SMILES string of the molecule is Cc1cc(NC2CC3CCCC(C2)N3C)n2ncnc2n1. The van der Waals surface area contributed by atoms with Gasteiger partial charge < -0.3 is 10.2 Å². The molecule has 21 heavy (non-hydrogen) atoms. The third kappa shape index (κ3) is 2.27. The van der Waals surface area contributed by atoms with Crippen LogP contribution in [0.3, 0.4) is 0 Å². The Morgan fingerprint density at radius 3 is 2.76 bits per heavy atom. The summed E-state index contributed by atoms with van der Waals surface area (Å²) < 4.78 is 1.81. The molecule has 112 valence electrons. The number of hydrogen-bond donors (Lipinski definition) is 1. The van der Waals surface area contributed by atoms with Crippen LogP contribution in [0.1, 0.15) is 37.8 Å². The molecule has 2 bridgehead atoms. The van der Waals surface area contributed by atoms with Gasteiger partial charge in [-0.05, 0) is 39.7 Å². The van der Waals surface area contributed by atoms with E-state index in [9.17, 15) is 0 Å². The van der Waals surface area contributed by atoms with E-state index in [2.05, 4.69) is 38.4 Å². The third-order valence-corrected chi connectivity index (χ3v) is 5.07. The number of rotatable bonds is 2. The molecule has 2 unspecified atom stereocenters. The standard InChI is InChI=1S/C15H22N6/c1-10-6-14(21-15(18-10)16-9-17-21)19-11-7-12-4-3-5-13(8-11)20(12)2/h6,9,11-13,19H,3-5,7-8H2,1-2H3. The molecule has 2 fully saturated rings. The normalized spacial score (nSPS) is 29.7. The topological polar surface area (TPSA) is 58.4 Å². The maximum absolute atomic E-state index is 4.40. The highest BCUT2D eigenvalue weighted by Crippen LogP contribution is 2.33. The van der Waals surface area contributed by atoms with Crippen molar-refractivity contribution >= 4 is 11.6 Å². The second-order valence-electron chi connectivity index (χ2n) is 6.47. The molecular weight excluding hydrogens is 264 g/mol. The Morgan fingerprint density at radius 2 is 2.00 bits per heavy atom. The second kappa shape index (κ2) is 4.94. The summed E-state index contributed by atoms with van der Waals surface area (Å²) in [6.07, 6.45) is 8.04. The van der Waals surface area contributed by atoms with E-state index in [4.69, 9.17) is 0 Å². The first-order valence-corrected chi connectivity index (χ1v) is 7.86. The molecule has 2 atom stereocenters. The first-order chi connectivity index (χ1) is 10.2. The van der Waals surface area contributed by atoms with Gasteiger partial charge in [0.15, 0.2) is 0 Å². The van der Waals surface area contributed by atoms with Crippen LogP contribution in [0.25, 0.3) is 5.78 Å².